The lowest BCUT2D eigenvalue weighted by Gasteiger charge is -2.17. The molecule has 0 aliphatic rings. The quantitative estimate of drug-likeness (QED) is 0.640. The lowest BCUT2D eigenvalue weighted by atomic mass is 10.1. The average molecular weight is 389 g/mol. The number of carbonyl (C=O) groups excluding carboxylic acids is 2. The number of hydrogen-bond acceptors (Lipinski definition) is 4. The molecular weight excluding hydrogens is 366 g/mol. The molecule has 0 unspecified atom stereocenters. The maximum Gasteiger partial charge on any atom is 0.258 e. The summed E-state index contributed by atoms with van der Waals surface area (Å²) < 4.78 is 5.25. The predicted octanol–water partition coefficient (Wildman–Crippen LogP) is 4.02. The van der Waals surface area contributed by atoms with Gasteiger partial charge in [0.2, 0.25) is 5.91 Å². The zero-order valence-corrected chi connectivity index (χ0v) is 16.4. The molecule has 0 saturated carbocycles. The van der Waals surface area contributed by atoms with Crippen molar-refractivity contribution in [3.8, 4) is 5.75 Å². The van der Waals surface area contributed by atoms with Gasteiger partial charge in [-0.05, 0) is 48.5 Å². The molecule has 29 heavy (non-hydrogen) atoms. The minimum absolute atomic E-state index is 0.0950. The van der Waals surface area contributed by atoms with Gasteiger partial charge in [0.15, 0.2) is 0 Å². The van der Waals surface area contributed by atoms with E-state index in [2.05, 4.69) is 10.6 Å². The number of nitrogens with zero attached hydrogens (tertiary/aromatic N) is 1. The van der Waals surface area contributed by atoms with Gasteiger partial charge in [-0.25, -0.2) is 0 Å². The van der Waals surface area contributed by atoms with Crippen LogP contribution in [0.15, 0.2) is 78.9 Å². The Balaban J connectivity index is 1.57. The Bertz CT molecular complexity index is 972. The molecule has 0 radical (unpaired) electrons. The van der Waals surface area contributed by atoms with Crippen LogP contribution in [0.2, 0.25) is 0 Å². The smallest absolute Gasteiger partial charge is 0.258 e. The Hall–Kier alpha value is -3.80. The number of anilines is 3. The summed E-state index contributed by atoms with van der Waals surface area (Å²) >= 11 is 0. The van der Waals surface area contributed by atoms with E-state index in [-0.39, 0.29) is 18.4 Å². The third-order valence-corrected chi connectivity index (χ3v) is 4.41. The molecule has 3 aromatic carbocycles. The van der Waals surface area contributed by atoms with E-state index in [1.165, 1.54) is 0 Å². The van der Waals surface area contributed by atoms with Crippen molar-refractivity contribution in [1.29, 1.82) is 0 Å². The van der Waals surface area contributed by atoms with Crippen LogP contribution in [0, 0.1) is 0 Å². The molecule has 3 aromatic rings. The molecule has 0 aromatic heterocycles. The number of nitrogens with one attached hydrogen (secondary N) is 2. The SMILES string of the molecule is COc1ccccc1NCC(=O)Nc1ccc(C(=O)N(C)c2ccccc2)cc1. The van der Waals surface area contributed by atoms with Gasteiger partial charge in [-0.2, -0.15) is 0 Å². The average Bonchev–Trinajstić information content (AvgIpc) is 2.78. The lowest BCUT2D eigenvalue weighted by Crippen LogP contribution is -2.26. The first-order valence-electron chi connectivity index (χ1n) is 9.18. The van der Waals surface area contributed by atoms with E-state index in [9.17, 15) is 9.59 Å². The second-order valence-electron chi connectivity index (χ2n) is 6.38. The highest BCUT2D eigenvalue weighted by Crippen LogP contribution is 2.22. The second-order valence-corrected chi connectivity index (χ2v) is 6.38. The minimum Gasteiger partial charge on any atom is -0.495 e. The van der Waals surface area contributed by atoms with Gasteiger partial charge in [-0.3, -0.25) is 9.59 Å². The molecule has 6 heteroatoms. The summed E-state index contributed by atoms with van der Waals surface area (Å²) in [7, 11) is 3.32. The van der Waals surface area contributed by atoms with E-state index in [1.54, 1.807) is 43.3 Å². The fraction of sp³-hybridized carbons (Fsp3) is 0.130. The molecule has 3 rings (SSSR count). The number of rotatable bonds is 7. The van der Waals surface area contributed by atoms with Crippen molar-refractivity contribution in [2.24, 2.45) is 0 Å². The zero-order valence-electron chi connectivity index (χ0n) is 16.4. The summed E-state index contributed by atoms with van der Waals surface area (Å²) in [6.45, 7) is 0.0950. The number of benzene rings is 3. The van der Waals surface area contributed by atoms with E-state index in [0.29, 0.717) is 17.0 Å². The summed E-state index contributed by atoms with van der Waals surface area (Å²) in [5.41, 5.74) is 2.73. The van der Waals surface area contributed by atoms with E-state index in [1.807, 2.05) is 54.6 Å². The normalized spacial score (nSPS) is 10.1. The van der Waals surface area contributed by atoms with Crippen molar-refractivity contribution in [2.45, 2.75) is 0 Å². The number of amides is 2. The largest absolute Gasteiger partial charge is 0.495 e. The number of para-hydroxylation sites is 3. The zero-order chi connectivity index (χ0) is 20.6. The first-order chi connectivity index (χ1) is 14.1. The highest BCUT2D eigenvalue weighted by atomic mass is 16.5. The monoisotopic (exact) mass is 389 g/mol. The van der Waals surface area contributed by atoms with Gasteiger partial charge in [0.25, 0.3) is 5.91 Å². The third kappa shape index (κ3) is 5.13. The Labute approximate surface area is 170 Å². The Morgan fingerprint density at radius 2 is 1.55 bits per heavy atom. The van der Waals surface area contributed by atoms with Crippen LogP contribution in [0.25, 0.3) is 0 Å². The molecule has 148 valence electrons. The highest BCUT2D eigenvalue weighted by molar-refractivity contribution is 6.06. The van der Waals surface area contributed by atoms with E-state index in [0.717, 1.165) is 11.4 Å². The summed E-state index contributed by atoms with van der Waals surface area (Å²) in [6, 6.07) is 23.7. The standard InChI is InChI=1S/C23H23N3O3/c1-26(19-8-4-3-5-9-19)23(28)17-12-14-18(15-13-17)25-22(27)16-24-20-10-6-7-11-21(20)29-2/h3-15,24H,16H2,1-2H3,(H,25,27). The topological polar surface area (TPSA) is 70.7 Å². The van der Waals surface area contributed by atoms with Crippen molar-refractivity contribution in [3.63, 3.8) is 0 Å². The van der Waals surface area contributed by atoms with Gasteiger partial charge in [0, 0.05) is 24.0 Å². The summed E-state index contributed by atoms with van der Waals surface area (Å²) in [4.78, 5) is 26.4. The van der Waals surface area contributed by atoms with Crippen molar-refractivity contribution in [1.82, 2.24) is 0 Å². The highest BCUT2D eigenvalue weighted by Gasteiger charge is 2.13. The van der Waals surface area contributed by atoms with Crippen molar-refractivity contribution < 1.29 is 14.3 Å². The van der Waals surface area contributed by atoms with Crippen LogP contribution in [0.5, 0.6) is 5.75 Å². The van der Waals surface area contributed by atoms with Gasteiger partial charge >= 0.3 is 0 Å². The van der Waals surface area contributed by atoms with Gasteiger partial charge in [0.05, 0.1) is 19.3 Å². The molecule has 2 amide bonds. The van der Waals surface area contributed by atoms with Crippen molar-refractivity contribution in [3.05, 3.63) is 84.4 Å². The van der Waals surface area contributed by atoms with Crippen molar-refractivity contribution >= 4 is 28.9 Å². The molecule has 0 fully saturated rings. The van der Waals surface area contributed by atoms with Crippen molar-refractivity contribution in [2.75, 3.05) is 36.2 Å². The minimum atomic E-state index is -0.198. The van der Waals surface area contributed by atoms with Gasteiger partial charge in [-0.1, -0.05) is 30.3 Å². The number of hydrogen-bond donors (Lipinski definition) is 2. The molecule has 0 aliphatic carbocycles. The van der Waals surface area contributed by atoms with Gasteiger partial charge < -0.3 is 20.3 Å². The summed E-state index contributed by atoms with van der Waals surface area (Å²) in [5.74, 6) is 0.356. The Morgan fingerprint density at radius 1 is 0.897 bits per heavy atom. The van der Waals surface area contributed by atoms with Crippen LogP contribution in [0.1, 0.15) is 10.4 Å². The first-order valence-corrected chi connectivity index (χ1v) is 9.18. The fourth-order valence-electron chi connectivity index (χ4n) is 2.83. The van der Waals surface area contributed by atoms with Gasteiger partial charge in [-0.15, -0.1) is 0 Å². The molecule has 0 aliphatic heterocycles. The second kappa shape index (κ2) is 9.41. The van der Waals surface area contributed by atoms with Crippen LogP contribution in [0.3, 0.4) is 0 Å². The number of ether oxygens (including phenoxy) is 1. The molecule has 0 atom stereocenters. The molecular formula is C23H23N3O3. The fourth-order valence-corrected chi connectivity index (χ4v) is 2.83. The van der Waals surface area contributed by atoms with Crippen LogP contribution >= 0.6 is 0 Å². The lowest BCUT2D eigenvalue weighted by molar-refractivity contribution is -0.114. The maximum atomic E-state index is 12.6. The van der Waals surface area contributed by atoms with E-state index < -0.39 is 0 Å². The van der Waals surface area contributed by atoms with E-state index in [4.69, 9.17) is 4.74 Å². The predicted molar refractivity (Wildman–Crippen MR) is 116 cm³/mol. The van der Waals surface area contributed by atoms with Gasteiger partial charge in [0.1, 0.15) is 5.75 Å². The molecule has 0 heterocycles. The van der Waals surface area contributed by atoms with Crippen LogP contribution in [-0.4, -0.2) is 32.5 Å². The molecule has 2 N–H and O–H groups in total. The van der Waals surface area contributed by atoms with Crippen LogP contribution < -0.4 is 20.3 Å². The Kier molecular flexibility index (Phi) is 6.47. The summed E-state index contributed by atoms with van der Waals surface area (Å²) in [5, 5.41) is 5.86. The van der Waals surface area contributed by atoms with Crippen LogP contribution in [-0.2, 0) is 4.79 Å². The van der Waals surface area contributed by atoms with E-state index >= 15 is 0 Å². The number of methoxy groups -OCH3 is 1. The molecule has 6 nitrogen and oxygen atoms in total. The third-order valence-electron chi connectivity index (χ3n) is 4.41. The number of carbonyl (C=O) groups is 2. The molecule has 0 bridgehead atoms. The van der Waals surface area contributed by atoms with Crippen LogP contribution in [0.4, 0.5) is 17.1 Å². The first kappa shape index (κ1) is 19.9. The molecule has 0 spiro atoms. The summed E-state index contributed by atoms with van der Waals surface area (Å²) in [6.07, 6.45) is 0. The Morgan fingerprint density at radius 3 is 2.24 bits per heavy atom. The molecule has 0 saturated heterocycles. The maximum absolute atomic E-state index is 12.6.